The molecule has 82 valence electrons. The van der Waals surface area contributed by atoms with Gasteiger partial charge in [0.15, 0.2) is 0 Å². The van der Waals surface area contributed by atoms with E-state index in [0.29, 0.717) is 6.42 Å². The summed E-state index contributed by atoms with van der Waals surface area (Å²) >= 11 is 0. The van der Waals surface area contributed by atoms with E-state index in [1.165, 1.54) is 0 Å². The van der Waals surface area contributed by atoms with Crippen LogP contribution in [0.4, 0.5) is 5.69 Å². The van der Waals surface area contributed by atoms with Crippen molar-refractivity contribution in [3.8, 4) is 0 Å². The van der Waals surface area contributed by atoms with Crippen LogP contribution in [0.3, 0.4) is 0 Å². The summed E-state index contributed by atoms with van der Waals surface area (Å²) in [5.41, 5.74) is 3.15. The molecule has 0 saturated heterocycles. The number of carboxylic acid groups (broad SMARTS) is 1. The minimum Gasteiger partial charge on any atom is -0.480 e. The summed E-state index contributed by atoms with van der Waals surface area (Å²) in [6, 6.07) is 5.47. The van der Waals surface area contributed by atoms with E-state index in [2.05, 4.69) is 11.4 Å². The number of rotatable bonds is 4. The van der Waals surface area contributed by atoms with Crippen LogP contribution in [0.1, 0.15) is 24.5 Å². The third-order valence-corrected chi connectivity index (χ3v) is 2.27. The van der Waals surface area contributed by atoms with Crippen molar-refractivity contribution in [2.24, 2.45) is 0 Å². The number of aryl methyl sites for hydroxylation is 2. The summed E-state index contributed by atoms with van der Waals surface area (Å²) in [6.45, 7) is 5.86. The van der Waals surface area contributed by atoms with Gasteiger partial charge >= 0.3 is 5.97 Å². The van der Waals surface area contributed by atoms with Gasteiger partial charge in [0.25, 0.3) is 0 Å². The maximum Gasteiger partial charge on any atom is 0.326 e. The lowest BCUT2D eigenvalue weighted by atomic mass is 10.1. The van der Waals surface area contributed by atoms with Crippen molar-refractivity contribution >= 4 is 11.7 Å². The number of aliphatic carboxylic acids is 1. The van der Waals surface area contributed by atoms with Gasteiger partial charge in [-0.05, 0) is 43.5 Å². The van der Waals surface area contributed by atoms with Crippen LogP contribution >= 0.6 is 0 Å². The number of nitrogens with one attached hydrogen (secondary N) is 1. The molecule has 0 spiro atoms. The molecule has 0 saturated carbocycles. The quantitative estimate of drug-likeness (QED) is 0.797. The van der Waals surface area contributed by atoms with Gasteiger partial charge in [0.05, 0.1) is 0 Å². The normalized spacial score (nSPS) is 12.2. The molecule has 0 aliphatic heterocycles. The summed E-state index contributed by atoms with van der Waals surface area (Å²) < 4.78 is 0. The molecule has 3 heteroatoms. The van der Waals surface area contributed by atoms with Crippen molar-refractivity contribution in [2.45, 2.75) is 33.2 Å². The van der Waals surface area contributed by atoms with Gasteiger partial charge in [-0.25, -0.2) is 4.79 Å². The first-order chi connectivity index (χ1) is 7.02. The topological polar surface area (TPSA) is 49.3 Å². The van der Waals surface area contributed by atoms with Crippen LogP contribution in [0, 0.1) is 13.8 Å². The van der Waals surface area contributed by atoms with E-state index >= 15 is 0 Å². The predicted octanol–water partition coefficient (Wildman–Crippen LogP) is 2.58. The Labute approximate surface area is 90.1 Å². The molecular formula is C12H17NO2. The molecule has 1 aromatic rings. The van der Waals surface area contributed by atoms with Crippen molar-refractivity contribution in [1.82, 2.24) is 0 Å². The lowest BCUT2D eigenvalue weighted by Crippen LogP contribution is -2.28. The van der Waals surface area contributed by atoms with E-state index in [4.69, 9.17) is 5.11 Å². The summed E-state index contributed by atoms with van der Waals surface area (Å²) in [5, 5.41) is 11.9. The van der Waals surface area contributed by atoms with Gasteiger partial charge in [-0.2, -0.15) is 0 Å². The van der Waals surface area contributed by atoms with Crippen LogP contribution in [0.25, 0.3) is 0 Å². The minimum atomic E-state index is -0.809. The Morgan fingerprint density at radius 3 is 2.27 bits per heavy atom. The molecule has 1 aromatic carbocycles. The Hall–Kier alpha value is -1.51. The van der Waals surface area contributed by atoms with E-state index < -0.39 is 12.0 Å². The zero-order chi connectivity index (χ0) is 11.4. The van der Waals surface area contributed by atoms with E-state index in [1.807, 2.05) is 32.9 Å². The van der Waals surface area contributed by atoms with Crippen LogP contribution in [-0.4, -0.2) is 17.1 Å². The van der Waals surface area contributed by atoms with Crippen LogP contribution in [0.15, 0.2) is 18.2 Å². The van der Waals surface area contributed by atoms with E-state index in [1.54, 1.807) is 0 Å². The highest BCUT2D eigenvalue weighted by molar-refractivity contribution is 5.77. The lowest BCUT2D eigenvalue weighted by Gasteiger charge is -2.14. The van der Waals surface area contributed by atoms with Crippen molar-refractivity contribution in [3.63, 3.8) is 0 Å². The highest BCUT2D eigenvalue weighted by Gasteiger charge is 2.14. The first kappa shape index (κ1) is 11.6. The smallest absolute Gasteiger partial charge is 0.326 e. The second-order valence-electron chi connectivity index (χ2n) is 3.82. The molecule has 0 aliphatic carbocycles. The molecule has 1 atom stereocenters. The third kappa shape index (κ3) is 3.27. The predicted molar refractivity (Wildman–Crippen MR) is 61.3 cm³/mol. The standard InChI is InChI=1S/C12H17NO2/c1-4-11(12(14)15)13-10-6-8(2)5-9(3)7-10/h5-7,11,13H,4H2,1-3H3,(H,14,15). The number of anilines is 1. The van der Waals surface area contributed by atoms with Crippen LogP contribution in [-0.2, 0) is 4.79 Å². The first-order valence-corrected chi connectivity index (χ1v) is 5.10. The highest BCUT2D eigenvalue weighted by atomic mass is 16.4. The Morgan fingerprint density at radius 1 is 1.33 bits per heavy atom. The van der Waals surface area contributed by atoms with Crippen molar-refractivity contribution in [3.05, 3.63) is 29.3 Å². The van der Waals surface area contributed by atoms with Gasteiger partial charge in [-0.15, -0.1) is 0 Å². The minimum absolute atomic E-state index is 0.508. The Bertz CT molecular complexity index is 340. The van der Waals surface area contributed by atoms with Gasteiger partial charge < -0.3 is 10.4 Å². The van der Waals surface area contributed by atoms with Gasteiger partial charge in [-0.1, -0.05) is 13.0 Å². The van der Waals surface area contributed by atoms with Crippen LogP contribution in [0.2, 0.25) is 0 Å². The number of hydrogen-bond donors (Lipinski definition) is 2. The van der Waals surface area contributed by atoms with Gasteiger partial charge in [0.1, 0.15) is 6.04 Å². The molecule has 15 heavy (non-hydrogen) atoms. The van der Waals surface area contributed by atoms with E-state index in [9.17, 15) is 4.79 Å². The molecule has 2 N–H and O–H groups in total. The zero-order valence-electron chi connectivity index (χ0n) is 9.37. The molecule has 0 aliphatic rings. The maximum absolute atomic E-state index is 10.8. The largest absolute Gasteiger partial charge is 0.480 e. The summed E-state index contributed by atoms with van der Waals surface area (Å²) in [6.07, 6.45) is 0.572. The summed E-state index contributed by atoms with van der Waals surface area (Å²) in [4.78, 5) is 10.8. The van der Waals surface area contributed by atoms with Gasteiger partial charge in [-0.3, -0.25) is 0 Å². The molecule has 3 nitrogen and oxygen atoms in total. The summed E-state index contributed by atoms with van der Waals surface area (Å²) in [5.74, 6) is -0.809. The zero-order valence-corrected chi connectivity index (χ0v) is 9.37. The number of hydrogen-bond acceptors (Lipinski definition) is 2. The Kier molecular flexibility index (Phi) is 3.72. The second kappa shape index (κ2) is 4.82. The molecule has 0 radical (unpaired) electrons. The molecule has 0 fully saturated rings. The van der Waals surface area contributed by atoms with Crippen molar-refractivity contribution in [2.75, 3.05) is 5.32 Å². The van der Waals surface area contributed by atoms with E-state index in [0.717, 1.165) is 16.8 Å². The van der Waals surface area contributed by atoms with Gasteiger partial charge in [0, 0.05) is 5.69 Å². The number of carboxylic acids is 1. The van der Waals surface area contributed by atoms with Crippen molar-refractivity contribution < 1.29 is 9.90 Å². The fraction of sp³-hybridized carbons (Fsp3) is 0.417. The van der Waals surface area contributed by atoms with Crippen LogP contribution in [0.5, 0.6) is 0 Å². The molecule has 1 unspecified atom stereocenters. The average molecular weight is 207 g/mol. The highest BCUT2D eigenvalue weighted by Crippen LogP contribution is 2.15. The molecule has 1 rings (SSSR count). The Balaban J connectivity index is 2.83. The monoisotopic (exact) mass is 207 g/mol. The maximum atomic E-state index is 10.8. The lowest BCUT2D eigenvalue weighted by molar-refractivity contribution is -0.137. The number of benzene rings is 1. The molecular weight excluding hydrogens is 190 g/mol. The molecule has 0 bridgehead atoms. The average Bonchev–Trinajstić information content (AvgIpc) is 2.12. The van der Waals surface area contributed by atoms with E-state index in [-0.39, 0.29) is 0 Å². The number of carbonyl (C=O) groups is 1. The molecule has 0 amide bonds. The fourth-order valence-corrected chi connectivity index (χ4v) is 1.60. The van der Waals surface area contributed by atoms with Crippen LogP contribution < -0.4 is 5.32 Å². The molecule has 0 heterocycles. The second-order valence-corrected chi connectivity index (χ2v) is 3.82. The van der Waals surface area contributed by atoms with Crippen molar-refractivity contribution in [1.29, 1.82) is 0 Å². The SMILES string of the molecule is CCC(Nc1cc(C)cc(C)c1)C(=O)O. The van der Waals surface area contributed by atoms with Gasteiger partial charge in [0.2, 0.25) is 0 Å². The molecule has 0 aromatic heterocycles. The summed E-state index contributed by atoms with van der Waals surface area (Å²) in [7, 11) is 0. The first-order valence-electron chi connectivity index (χ1n) is 5.10. The third-order valence-electron chi connectivity index (χ3n) is 2.27. The fourth-order valence-electron chi connectivity index (χ4n) is 1.60. The Morgan fingerprint density at radius 2 is 1.87 bits per heavy atom.